The van der Waals surface area contributed by atoms with Crippen molar-refractivity contribution in [1.82, 2.24) is 9.13 Å². The van der Waals surface area contributed by atoms with Gasteiger partial charge in [-0.3, -0.25) is 24.7 Å². The van der Waals surface area contributed by atoms with E-state index in [1.54, 1.807) is 42.1 Å². The molecule has 8 nitrogen and oxygen atoms in total. The first-order valence-corrected chi connectivity index (χ1v) is 9.84. The Hall–Kier alpha value is -3.91. The first kappa shape index (κ1) is 20.4. The average molecular weight is 417 g/mol. The van der Waals surface area contributed by atoms with Crippen LogP contribution in [0.2, 0.25) is 0 Å². The molecule has 1 aromatic carbocycles. The van der Waals surface area contributed by atoms with Gasteiger partial charge < -0.3 is 14.8 Å². The highest BCUT2D eigenvalue weighted by Crippen LogP contribution is 2.29. The third kappa shape index (κ3) is 3.80. The fourth-order valence-electron chi connectivity index (χ4n) is 3.53. The van der Waals surface area contributed by atoms with Crippen LogP contribution in [0.3, 0.4) is 0 Å². The summed E-state index contributed by atoms with van der Waals surface area (Å²) in [4.78, 5) is 13.7. The molecule has 0 radical (unpaired) electrons. The van der Waals surface area contributed by atoms with Gasteiger partial charge in [0, 0.05) is 29.5 Å². The van der Waals surface area contributed by atoms with Gasteiger partial charge in [0.2, 0.25) is 0 Å². The van der Waals surface area contributed by atoms with Crippen molar-refractivity contribution in [2.24, 2.45) is 0 Å². The minimum Gasteiger partial charge on any atom is -0.497 e. The molecule has 1 unspecified atom stereocenters. The molecule has 1 aliphatic heterocycles. The van der Waals surface area contributed by atoms with Gasteiger partial charge in [0.05, 0.1) is 19.1 Å². The van der Waals surface area contributed by atoms with Gasteiger partial charge in [-0.15, -0.1) is 0 Å². The summed E-state index contributed by atoms with van der Waals surface area (Å²) in [5, 5.41) is 18.7. The molecule has 2 aromatic heterocycles. The molecule has 0 spiro atoms. The van der Waals surface area contributed by atoms with Gasteiger partial charge in [0.25, 0.3) is 5.56 Å². The van der Waals surface area contributed by atoms with Crippen molar-refractivity contribution in [3.05, 3.63) is 76.1 Å². The maximum absolute atomic E-state index is 13.7. The van der Waals surface area contributed by atoms with Crippen LogP contribution in [0, 0.1) is 10.8 Å². The van der Waals surface area contributed by atoms with Crippen LogP contribution in [0.5, 0.6) is 5.75 Å². The van der Waals surface area contributed by atoms with Crippen LogP contribution in [0.1, 0.15) is 12.5 Å². The Morgan fingerprint density at radius 2 is 1.97 bits per heavy atom. The van der Waals surface area contributed by atoms with Crippen LogP contribution in [0.25, 0.3) is 22.9 Å². The topological polar surface area (TPSA) is 105 Å². The molecule has 8 heteroatoms. The molecule has 3 N–H and O–H groups in total. The lowest BCUT2D eigenvalue weighted by Crippen LogP contribution is -2.31. The molecule has 1 aliphatic rings. The fraction of sp³-hybridized carbons (Fsp3) is 0.174. The Bertz CT molecular complexity index is 1270. The summed E-state index contributed by atoms with van der Waals surface area (Å²) >= 11 is 0. The van der Waals surface area contributed by atoms with E-state index in [1.807, 2.05) is 37.3 Å². The highest BCUT2D eigenvalue weighted by molar-refractivity contribution is 5.76. The van der Waals surface area contributed by atoms with Crippen molar-refractivity contribution in [3.8, 4) is 22.6 Å². The normalized spacial score (nSPS) is 14.6. The molecule has 0 aliphatic carbocycles. The summed E-state index contributed by atoms with van der Waals surface area (Å²) < 4.78 is 13.9. The monoisotopic (exact) mass is 417 g/mol. The second-order valence-electron chi connectivity index (χ2n) is 6.92. The van der Waals surface area contributed by atoms with E-state index in [0.717, 1.165) is 11.9 Å². The molecule has 3 heterocycles. The maximum atomic E-state index is 13.7. The van der Waals surface area contributed by atoms with Crippen LogP contribution in [-0.2, 0) is 4.74 Å². The van der Waals surface area contributed by atoms with Crippen molar-refractivity contribution in [1.29, 1.82) is 10.8 Å². The average Bonchev–Trinajstić information content (AvgIpc) is 2.79. The van der Waals surface area contributed by atoms with Gasteiger partial charge in [-0.1, -0.05) is 6.08 Å². The molecule has 0 saturated carbocycles. The summed E-state index contributed by atoms with van der Waals surface area (Å²) in [7, 11) is 1.59. The number of hydrogen-bond acceptors (Lipinski definition) is 6. The summed E-state index contributed by atoms with van der Waals surface area (Å²) in [6.45, 7) is 2.45. The minimum atomic E-state index is -0.338. The van der Waals surface area contributed by atoms with E-state index in [-0.39, 0.29) is 17.3 Å². The zero-order valence-corrected chi connectivity index (χ0v) is 17.3. The number of nitrogens with one attached hydrogen (secondary N) is 3. The van der Waals surface area contributed by atoms with E-state index in [1.165, 1.54) is 4.57 Å². The Kier molecular flexibility index (Phi) is 5.55. The Morgan fingerprint density at radius 1 is 1.19 bits per heavy atom. The first-order chi connectivity index (χ1) is 15.0. The van der Waals surface area contributed by atoms with Gasteiger partial charge in [0.15, 0.2) is 0 Å². The number of anilines is 1. The predicted octanol–water partition coefficient (Wildman–Crippen LogP) is 3.05. The number of nitrogens with zero attached hydrogens (tertiary/aromatic N) is 2. The molecule has 1 atom stereocenters. The number of fused-ring (bicyclic) bond motifs is 1. The van der Waals surface area contributed by atoms with Crippen LogP contribution < -0.4 is 21.1 Å². The lowest BCUT2D eigenvalue weighted by Gasteiger charge is -2.26. The van der Waals surface area contributed by atoms with E-state index >= 15 is 0 Å². The maximum Gasteiger partial charge on any atom is 0.264 e. The summed E-state index contributed by atoms with van der Waals surface area (Å²) in [5.41, 5.74) is 2.53. The summed E-state index contributed by atoms with van der Waals surface area (Å²) in [5.74, 6) is 1.33. The van der Waals surface area contributed by atoms with Crippen LogP contribution in [-0.4, -0.2) is 35.4 Å². The van der Waals surface area contributed by atoms with Crippen molar-refractivity contribution in [3.63, 3.8) is 0 Å². The quantitative estimate of drug-likeness (QED) is 0.423. The molecule has 0 saturated heterocycles. The lowest BCUT2D eigenvalue weighted by atomic mass is 10.0. The third-order valence-electron chi connectivity index (χ3n) is 5.06. The molecule has 0 amide bonds. The smallest absolute Gasteiger partial charge is 0.264 e. The third-order valence-corrected chi connectivity index (χ3v) is 5.06. The molecular formula is C23H23N5O3. The number of aromatic nitrogens is 2. The zero-order chi connectivity index (χ0) is 22.0. The van der Waals surface area contributed by atoms with Crippen LogP contribution in [0.15, 0.2) is 59.5 Å². The minimum absolute atomic E-state index is 0.160. The van der Waals surface area contributed by atoms with Gasteiger partial charge in [-0.25, -0.2) is 0 Å². The predicted molar refractivity (Wildman–Crippen MR) is 120 cm³/mol. The van der Waals surface area contributed by atoms with E-state index in [0.29, 0.717) is 35.0 Å². The van der Waals surface area contributed by atoms with Crippen molar-refractivity contribution in [2.45, 2.75) is 13.2 Å². The van der Waals surface area contributed by atoms with Crippen LogP contribution >= 0.6 is 0 Å². The molecule has 158 valence electrons. The summed E-state index contributed by atoms with van der Waals surface area (Å²) in [6, 6.07) is 12.4. The molecular weight excluding hydrogens is 394 g/mol. The number of methoxy groups -OCH3 is 1. The van der Waals surface area contributed by atoms with Crippen molar-refractivity contribution in [2.75, 3.05) is 19.0 Å². The van der Waals surface area contributed by atoms with E-state index in [9.17, 15) is 4.79 Å². The Balaban J connectivity index is 1.96. The van der Waals surface area contributed by atoms with Crippen molar-refractivity contribution < 1.29 is 9.47 Å². The Labute approximate surface area is 179 Å². The summed E-state index contributed by atoms with van der Waals surface area (Å²) in [6.07, 6.45) is 6.15. The molecule has 3 aromatic rings. The molecule has 31 heavy (non-hydrogen) atoms. The van der Waals surface area contributed by atoms with E-state index in [4.69, 9.17) is 20.3 Å². The second kappa shape index (κ2) is 8.45. The second-order valence-corrected chi connectivity index (χ2v) is 6.92. The molecule has 0 bridgehead atoms. The van der Waals surface area contributed by atoms with Gasteiger partial charge >= 0.3 is 0 Å². The number of rotatable bonds is 6. The first-order valence-electron chi connectivity index (χ1n) is 9.84. The van der Waals surface area contributed by atoms with Crippen molar-refractivity contribution >= 4 is 18.2 Å². The van der Waals surface area contributed by atoms with Gasteiger partial charge in [0.1, 0.15) is 23.3 Å². The molecule has 0 fully saturated rings. The van der Waals surface area contributed by atoms with Gasteiger partial charge in [-0.05, 0) is 55.5 Å². The number of hydrogen-bond donors (Lipinski definition) is 3. The highest BCUT2D eigenvalue weighted by atomic mass is 16.5. The number of pyridine rings is 2. The number of benzene rings is 1. The van der Waals surface area contributed by atoms with E-state index < -0.39 is 0 Å². The lowest BCUT2D eigenvalue weighted by molar-refractivity contribution is 0.115. The largest absolute Gasteiger partial charge is 0.497 e. The highest BCUT2D eigenvalue weighted by Gasteiger charge is 2.21. The Morgan fingerprint density at radius 3 is 2.65 bits per heavy atom. The molecule has 4 rings (SSSR count). The van der Waals surface area contributed by atoms with E-state index in [2.05, 4.69) is 5.32 Å². The number of ether oxygens (including phenoxy) is 2. The zero-order valence-electron chi connectivity index (χ0n) is 17.3. The van der Waals surface area contributed by atoms with Crippen LogP contribution in [0.4, 0.5) is 5.82 Å². The standard InChI is InChI=1S/C23H23N5O3/c1-3-31-21-11-5-15-12-19(16-4-10-20(25)27(13-16)14-24)23(29)28(22(15)26-21)17-6-8-18(30-2)9-7-17/h4-14,21,24-26H,3H2,1-2H3. The fourth-order valence-corrected chi connectivity index (χ4v) is 3.53. The van der Waals surface area contributed by atoms with Gasteiger partial charge in [-0.2, -0.15) is 0 Å². The SMILES string of the molecule is CCOC1C=Cc2cc(-c3ccc(=N)n(C=N)c3)c(=O)n(-c3ccc(OC)cc3)c2N1.